The van der Waals surface area contributed by atoms with Gasteiger partial charge in [0.25, 0.3) is 5.91 Å². The molecule has 3 aromatic rings. The molecule has 0 saturated carbocycles. The van der Waals surface area contributed by atoms with Crippen LogP contribution in [0.25, 0.3) is 11.3 Å². The zero-order valence-corrected chi connectivity index (χ0v) is 24.4. The lowest BCUT2D eigenvalue weighted by Gasteiger charge is -2.36. The number of ether oxygens (including phenoxy) is 3. The van der Waals surface area contributed by atoms with Crippen LogP contribution in [-0.4, -0.2) is 65.3 Å². The van der Waals surface area contributed by atoms with Crippen LogP contribution in [0.1, 0.15) is 61.6 Å². The van der Waals surface area contributed by atoms with Gasteiger partial charge in [0.2, 0.25) is 0 Å². The van der Waals surface area contributed by atoms with E-state index in [1.165, 1.54) is 0 Å². The van der Waals surface area contributed by atoms with E-state index in [1.807, 2.05) is 52.0 Å². The second-order valence-corrected chi connectivity index (χ2v) is 11.5. The normalized spacial score (nSPS) is 17.0. The monoisotopic (exact) mass is 561 g/mol. The number of rotatable bonds is 7. The number of piperidine rings is 1. The summed E-state index contributed by atoms with van der Waals surface area (Å²) in [5.41, 5.74) is 4.70. The summed E-state index contributed by atoms with van der Waals surface area (Å²) in [6.07, 6.45) is 6.50. The highest BCUT2D eigenvalue weighted by Gasteiger charge is 2.32. The Morgan fingerprint density at radius 2 is 2.05 bits per heavy atom. The highest BCUT2D eigenvalue weighted by molar-refractivity contribution is 6.06. The van der Waals surface area contributed by atoms with Gasteiger partial charge in [-0.25, -0.2) is 4.79 Å². The number of carbonyl (C=O) groups excluding carboxylic acids is 2. The number of pyridine rings is 1. The number of methoxy groups -OCH3 is 1. The molecular formula is C31H39N5O5. The van der Waals surface area contributed by atoms with Gasteiger partial charge in [-0.2, -0.15) is 0 Å². The third-order valence-corrected chi connectivity index (χ3v) is 7.38. The number of carbonyl (C=O) groups is 2. The van der Waals surface area contributed by atoms with Crippen LogP contribution >= 0.6 is 0 Å². The van der Waals surface area contributed by atoms with Crippen LogP contribution in [0.3, 0.4) is 0 Å². The lowest BCUT2D eigenvalue weighted by Crippen LogP contribution is -2.48. The molecule has 0 spiro atoms. The molecule has 1 aromatic carbocycles. The maximum Gasteiger partial charge on any atom is 0.410 e. The molecule has 10 nitrogen and oxygen atoms in total. The minimum atomic E-state index is -0.571. The van der Waals surface area contributed by atoms with E-state index in [4.69, 9.17) is 14.2 Å². The number of para-hydroxylation sites is 1. The fourth-order valence-corrected chi connectivity index (χ4v) is 5.49. The molecule has 5 rings (SSSR count). The Morgan fingerprint density at radius 3 is 2.83 bits per heavy atom. The third-order valence-electron chi connectivity index (χ3n) is 7.38. The highest BCUT2D eigenvalue weighted by atomic mass is 16.6. The average molecular weight is 562 g/mol. The van der Waals surface area contributed by atoms with E-state index in [9.17, 15) is 9.59 Å². The van der Waals surface area contributed by atoms with Crippen molar-refractivity contribution >= 4 is 23.4 Å². The second kappa shape index (κ2) is 11.7. The number of benzene rings is 1. The molecule has 1 atom stereocenters. The number of H-pyrrole nitrogens is 1. The third kappa shape index (κ3) is 6.11. The van der Waals surface area contributed by atoms with E-state index in [0.29, 0.717) is 48.9 Å². The van der Waals surface area contributed by atoms with Crippen molar-refractivity contribution in [2.45, 2.75) is 65.0 Å². The fourth-order valence-electron chi connectivity index (χ4n) is 5.49. The van der Waals surface area contributed by atoms with Gasteiger partial charge in [-0.1, -0.05) is 12.1 Å². The van der Waals surface area contributed by atoms with Gasteiger partial charge in [0.05, 0.1) is 42.0 Å². The second-order valence-electron chi connectivity index (χ2n) is 11.5. The van der Waals surface area contributed by atoms with E-state index >= 15 is 0 Å². The number of anilines is 2. The highest BCUT2D eigenvalue weighted by Crippen LogP contribution is 2.42. The number of aromatic nitrogens is 2. The van der Waals surface area contributed by atoms with E-state index in [-0.39, 0.29) is 18.0 Å². The van der Waals surface area contributed by atoms with Crippen molar-refractivity contribution in [3.05, 3.63) is 53.5 Å². The van der Waals surface area contributed by atoms with E-state index in [0.717, 1.165) is 47.5 Å². The fraction of sp³-hybridized carbons (Fsp3) is 0.452. The van der Waals surface area contributed by atoms with Gasteiger partial charge < -0.3 is 34.7 Å². The maximum atomic E-state index is 13.1. The Balaban J connectivity index is 1.48. The molecule has 4 heterocycles. The number of nitrogens with one attached hydrogen (secondary N) is 3. The van der Waals surface area contributed by atoms with Gasteiger partial charge >= 0.3 is 6.09 Å². The predicted octanol–water partition coefficient (Wildman–Crippen LogP) is 5.59. The standard InChI is InChI=1S/C31H39N5O5/c1-19-9-8-11-23(28(19)39-5)35-27-25-22(13-15-33-29(25)37)34-26(27)21-12-14-32-17-24(21)40-18-20-10-6-7-16-36(20)30(38)41-31(2,3)4/h8-9,11-12,14,17,20,34-35H,6-7,10,13,15-16,18H2,1-5H3,(H,33,37). The predicted molar refractivity (Wildman–Crippen MR) is 157 cm³/mol. The van der Waals surface area contributed by atoms with E-state index < -0.39 is 5.60 Å². The molecule has 2 aromatic heterocycles. The van der Waals surface area contributed by atoms with Crippen molar-refractivity contribution in [1.82, 2.24) is 20.2 Å². The van der Waals surface area contributed by atoms with Crippen LogP contribution in [0.5, 0.6) is 11.5 Å². The maximum absolute atomic E-state index is 13.1. The molecule has 41 heavy (non-hydrogen) atoms. The quantitative estimate of drug-likeness (QED) is 0.344. The van der Waals surface area contributed by atoms with Gasteiger partial charge in [0.1, 0.15) is 23.7 Å². The van der Waals surface area contributed by atoms with Crippen LogP contribution in [0.15, 0.2) is 36.7 Å². The molecule has 2 aliphatic heterocycles. The zero-order chi connectivity index (χ0) is 29.1. The molecule has 0 bridgehead atoms. The topological polar surface area (TPSA) is 118 Å². The number of amides is 2. The minimum absolute atomic E-state index is 0.122. The largest absolute Gasteiger partial charge is 0.494 e. The summed E-state index contributed by atoms with van der Waals surface area (Å²) >= 11 is 0. The molecule has 10 heteroatoms. The van der Waals surface area contributed by atoms with Crippen LogP contribution in [-0.2, 0) is 11.2 Å². The SMILES string of the molecule is COc1c(C)cccc1Nc1c(-c2ccncc2OCC2CCCCN2C(=O)OC(C)(C)C)[nH]c2c1C(=O)NCC2. The summed E-state index contributed by atoms with van der Waals surface area (Å²) in [6, 6.07) is 7.60. The van der Waals surface area contributed by atoms with Gasteiger partial charge in [0, 0.05) is 37.0 Å². The summed E-state index contributed by atoms with van der Waals surface area (Å²) in [5.74, 6) is 1.12. The van der Waals surface area contributed by atoms with Crippen molar-refractivity contribution < 1.29 is 23.8 Å². The Morgan fingerprint density at radius 1 is 1.22 bits per heavy atom. The molecular weight excluding hydrogens is 522 g/mol. The lowest BCUT2D eigenvalue weighted by atomic mass is 10.0. The van der Waals surface area contributed by atoms with Gasteiger partial charge in [-0.3, -0.25) is 9.78 Å². The zero-order valence-electron chi connectivity index (χ0n) is 24.4. The van der Waals surface area contributed by atoms with Crippen LogP contribution in [0.2, 0.25) is 0 Å². The summed E-state index contributed by atoms with van der Waals surface area (Å²) in [7, 11) is 1.63. The smallest absolute Gasteiger partial charge is 0.410 e. The molecule has 2 aliphatic rings. The van der Waals surface area contributed by atoms with Crippen molar-refractivity contribution in [2.75, 3.05) is 32.1 Å². The number of nitrogens with zero attached hydrogens (tertiary/aromatic N) is 2. The number of aromatic amines is 1. The van der Waals surface area contributed by atoms with Crippen molar-refractivity contribution in [2.24, 2.45) is 0 Å². The summed E-state index contributed by atoms with van der Waals surface area (Å²) in [5, 5.41) is 6.44. The van der Waals surface area contributed by atoms with E-state index in [2.05, 4.69) is 20.6 Å². The first-order valence-corrected chi connectivity index (χ1v) is 14.2. The van der Waals surface area contributed by atoms with Crippen LogP contribution in [0, 0.1) is 6.92 Å². The first-order valence-electron chi connectivity index (χ1n) is 14.2. The van der Waals surface area contributed by atoms with Crippen LogP contribution in [0.4, 0.5) is 16.2 Å². The molecule has 3 N–H and O–H groups in total. The summed E-state index contributed by atoms with van der Waals surface area (Å²) < 4.78 is 17.7. The average Bonchev–Trinajstić information content (AvgIpc) is 3.30. The summed E-state index contributed by atoms with van der Waals surface area (Å²) in [4.78, 5) is 35.6. The Bertz CT molecular complexity index is 1430. The first-order chi connectivity index (χ1) is 19.7. The lowest BCUT2D eigenvalue weighted by molar-refractivity contribution is 0.00362. The molecule has 1 unspecified atom stereocenters. The first kappa shape index (κ1) is 28.3. The number of hydrogen-bond donors (Lipinski definition) is 3. The molecule has 2 amide bonds. The number of aryl methyl sites for hydroxylation is 1. The molecule has 0 aliphatic carbocycles. The molecule has 1 fully saturated rings. The number of hydrogen-bond acceptors (Lipinski definition) is 7. The van der Waals surface area contributed by atoms with Crippen molar-refractivity contribution in [1.29, 1.82) is 0 Å². The number of likely N-dealkylation sites (tertiary alicyclic amines) is 1. The number of fused-ring (bicyclic) bond motifs is 1. The van der Waals surface area contributed by atoms with Crippen LogP contribution < -0.4 is 20.1 Å². The minimum Gasteiger partial charge on any atom is -0.494 e. The van der Waals surface area contributed by atoms with Crippen molar-refractivity contribution in [3.63, 3.8) is 0 Å². The summed E-state index contributed by atoms with van der Waals surface area (Å²) in [6.45, 7) is 9.08. The molecule has 218 valence electrons. The molecule has 1 saturated heterocycles. The van der Waals surface area contributed by atoms with Gasteiger partial charge in [-0.15, -0.1) is 0 Å². The Kier molecular flexibility index (Phi) is 8.10. The van der Waals surface area contributed by atoms with Gasteiger partial charge in [0.15, 0.2) is 0 Å². The van der Waals surface area contributed by atoms with Gasteiger partial charge in [-0.05, 0) is 64.7 Å². The Hall–Kier alpha value is -4.21. The van der Waals surface area contributed by atoms with E-state index in [1.54, 1.807) is 24.4 Å². The molecule has 0 radical (unpaired) electrons. The van der Waals surface area contributed by atoms with Crippen molar-refractivity contribution in [3.8, 4) is 22.8 Å². The Labute approximate surface area is 240 Å².